The molecule has 12 nitrogen and oxygen atoms in total. The van der Waals surface area contributed by atoms with Crippen molar-refractivity contribution < 1.29 is 44.8 Å². The van der Waals surface area contributed by atoms with Crippen molar-refractivity contribution >= 4 is 0 Å². The molecule has 1 aromatic heterocycles. The van der Waals surface area contributed by atoms with E-state index in [0.717, 1.165) is 28.6 Å². The molecule has 0 aliphatic carbocycles. The van der Waals surface area contributed by atoms with Gasteiger partial charge in [-0.1, -0.05) is 19.9 Å². The molecule has 1 aliphatic rings. The molecule has 1 aliphatic heterocycles. The number of nitrogens with zero attached hydrogens (tertiary/aromatic N) is 1. The standard InChI is InChI=1S/C26H39N3O9/c1-14(2)21-19(25(29-28-21)38-26-24(35)23(34)22(33)20(13-32)37-26)10-16-5-6-18(9-15(16)3)36-8-4-7-27-17(11-30)12-31/h5-6,9,11,14,20,22-24,26-27,30-35H,4,7-8,10,12-13H2,1-3H3,(H,28,29)/b17-11+/t20-,22-,23+,24-,26+/m1/s1. The lowest BCUT2D eigenvalue weighted by Crippen LogP contribution is -2.60. The third-order valence-electron chi connectivity index (χ3n) is 6.46. The molecule has 38 heavy (non-hydrogen) atoms. The Bertz CT molecular complexity index is 1060. The maximum absolute atomic E-state index is 10.4. The predicted molar refractivity (Wildman–Crippen MR) is 137 cm³/mol. The summed E-state index contributed by atoms with van der Waals surface area (Å²) in [7, 11) is 0. The van der Waals surface area contributed by atoms with Gasteiger partial charge in [-0.3, -0.25) is 5.10 Å². The minimum Gasteiger partial charge on any atom is -0.514 e. The van der Waals surface area contributed by atoms with Crippen LogP contribution in [0.3, 0.4) is 0 Å². The van der Waals surface area contributed by atoms with E-state index in [1.54, 1.807) is 0 Å². The van der Waals surface area contributed by atoms with Crippen molar-refractivity contribution in [2.24, 2.45) is 0 Å². The number of aromatic amines is 1. The molecule has 3 rings (SSSR count). The number of aromatic nitrogens is 2. The molecule has 0 amide bonds. The van der Waals surface area contributed by atoms with Crippen LogP contribution in [0.4, 0.5) is 0 Å². The van der Waals surface area contributed by atoms with E-state index in [2.05, 4.69) is 15.5 Å². The summed E-state index contributed by atoms with van der Waals surface area (Å²) in [6.45, 7) is 6.16. The number of aryl methyl sites for hydroxylation is 1. The van der Waals surface area contributed by atoms with Crippen molar-refractivity contribution in [1.29, 1.82) is 0 Å². The van der Waals surface area contributed by atoms with Crippen LogP contribution in [0.5, 0.6) is 11.6 Å². The summed E-state index contributed by atoms with van der Waals surface area (Å²) >= 11 is 0. The van der Waals surface area contributed by atoms with Crippen LogP contribution in [0, 0.1) is 6.92 Å². The van der Waals surface area contributed by atoms with Gasteiger partial charge in [0.15, 0.2) is 0 Å². The van der Waals surface area contributed by atoms with E-state index < -0.39 is 37.3 Å². The molecule has 1 saturated heterocycles. The van der Waals surface area contributed by atoms with Gasteiger partial charge in [0.05, 0.1) is 25.5 Å². The largest absolute Gasteiger partial charge is 0.514 e. The van der Waals surface area contributed by atoms with Crippen molar-refractivity contribution in [2.45, 2.75) is 70.2 Å². The topological polar surface area (TPSA) is 190 Å². The lowest BCUT2D eigenvalue weighted by Gasteiger charge is -2.39. The highest BCUT2D eigenvalue weighted by molar-refractivity contribution is 5.42. The molecule has 0 bridgehead atoms. The van der Waals surface area contributed by atoms with Crippen LogP contribution in [0.2, 0.25) is 0 Å². The summed E-state index contributed by atoms with van der Waals surface area (Å²) < 4.78 is 17.2. The molecule has 212 valence electrons. The fourth-order valence-electron chi connectivity index (χ4n) is 4.18. The van der Waals surface area contributed by atoms with E-state index in [1.165, 1.54) is 0 Å². The van der Waals surface area contributed by atoms with Gasteiger partial charge in [0.25, 0.3) is 0 Å². The molecule has 0 saturated carbocycles. The Kier molecular flexibility index (Phi) is 10.8. The third kappa shape index (κ3) is 7.16. The van der Waals surface area contributed by atoms with Crippen molar-refractivity contribution in [2.75, 3.05) is 26.4 Å². The van der Waals surface area contributed by atoms with Crippen molar-refractivity contribution in [3.8, 4) is 11.6 Å². The summed E-state index contributed by atoms with van der Waals surface area (Å²) in [6, 6.07) is 5.76. The van der Waals surface area contributed by atoms with Crippen LogP contribution in [0.1, 0.15) is 48.6 Å². The van der Waals surface area contributed by atoms with E-state index in [-0.39, 0.29) is 18.4 Å². The SMILES string of the molecule is Cc1cc(OCCCN/C(=C/O)CO)ccc1Cc1c(O[C@@H]2O[C@H](CO)[C@@H](O)[C@H](O)[C@H]2O)n[nH]c1C(C)C. The molecule has 5 atom stereocenters. The zero-order chi connectivity index (χ0) is 27.8. The minimum absolute atomic E-state index is 0.0909. The fraction of sp³-hybridized carbons (Fsp3) is 0.577. The average molecular weight is 538 g/mol. The molecule has 2 aromatic rings. The molecule has 1 aromatic carbocycles. The van der Waals surface area contributed by atoms with Crippen LogP contribution >= 0.6 is 0 Å². The van der Waals surface area contributed by atoms with E-state index in [0.29, 0.717) is 37.4 Å². The fourth-order valence-corrected chi connectivity index (χ4v) is 4.18. The predicted octanol–water partition coefficient (Wildman–Crippen LogP) is 0.361. The summed E-state index contributed by atoms with van der Waals surface area (Å²) in [6.07, 6.45) is -5.01. The van der Waals surface area contributed by atoms with Gasteiger partial charge in [-0.25, -0.2) is 0 Å². The minimum atomic E-state index is -1.55. The molecule has 8 N–H and O–H groups in total. The van der Waals surface area contributed by atoms with Gasteiger partial charge in [0, 0.05) is 24.2 Å². The van der Waals surface area contributed by atoms with E-state index in [1.807, 2.05) is 39.0 Å². The highest BCUT2D eigenvalue weighted by Gasteiger charge is 2.45. The Morgan fingerprint density at radius 3 is 2.58 bits per heavy atom. The van der Waals surface area contributed by atoms with E-state index in [4.69, 9.17) is 24.4 Å². The van der Waals surface area contributed by atoms with Gasteiger partial charge < -0.3 is 50.2 Å². The number of ether oxygens (including phenoxy) is 3. The van der Waals surface area contributed by atoms with Crippen LogP contribution in [-0.2, 0) is 11.2 Å². The highest BCUT2D eigenvalue weighted by atomic mass is 16.7. The summed E-state index contributed by atoms with van der Waals surface area (Å²) in [4.78, 5) is 0. The number of hydrogen-bond donors (Lipinski definition) is 8. The molecular weight excluding hydrogens is 498 g/mol. The Morgan fingerprint density at radius 1 is 1.18 bits per heavy atom. The highest BCUT2D eigenvalue weighted by Crippen LogP contribution is 2.32. The van der Waals surface area contributed by atoms with E-state index >= 15 is 0 Å². The zero-order valence-corrected chi connectivity index (χ0v) is 21.9. The van der Waals surface area contributed by atoms with Crippen molar-refractivity contribution in [3.05, 3.63) is 52.5 Å². The molecule has 1 fully saturated rings. The molecule has 2 heterocycles. The smallest absolute Gasteiger partial charge is 0.238 e. The summed E-state index contributed by atoms with van der Waals surface area (Å²) in [5, 5.41) is 68.1. The van der Waals surface area contributed by atoms with E-state index in [9.17, 15) is 20.4 Å². The van der Waals surface area contributed by atoms with Crippen molar-refractivity contribution in [3.63, 3.8) is 0 Å². The summed E-state index contributed by atoms with van der Waals surface area (Å²) in [5.74, 6) is 0.998. The van der Waals surface area contributed by atoms with Gasteiger partial charge in [0.2, 0.25) is 12.2 Å². The lowest BCUT2D eigenvalue weighted by atomic mass is 9.96. The normalized spacial score (nSPS) is 24.0. The molecule has 0 spiro atoms. The quantitative estimate of drug-likeness (QED) is 0.130. The Balaban J connectivity index is 1.69. The third-order valence-corrected chi connectivity index (χ3v) is 6.46. The Morgan fingerprint density at radius 2 is 1.95 bits per heavy atom. The van der Waals surface area contributed by atoms with Gasteiger partial charge in [-0.2, -0.15) is 0 Å². The van der Waals surface area contributed by atoms with Crippen LogP contribution in [0.15, 0.2) is 30.2 Å². The number of hydrogen-bond acceptors (Lipinski definition) is 11. The molecule has 0 unspecified atom stereocenters. The second-order valence-corrected chi connectivity index (χ2v) is 9.60. The zero-order valence-electron chi connectivity index (χ0n) is 21.9. The number of H-pyrrole nitrogens is 1. The number of aliphatic hydroxyl groups excluding tert-OH is 6. The van der Waals surface area contributed by atoms with Gasteiger partial charge in [-0.15, -0.1) is 5.10 Å². The number of nitrogens with one attached hydrogen (secondary N) is 2. The first-order valence-electron chi connectivity index (χ1n) is 12.6. The van der Waals surface area contributed by atoms with Crippen LogP contribution in [0.25, 0.3) is 0 Å². The second kappa shape index (κ2) is 13.8. The Labute approximate surface area is 221 Å². The first-order chi connectivity index (χ1) is 18.2. The van der Waals surface area contributed by atoms with Gasteiger partial charge >= 0.3 is 0 Å². The summed E-state index contributed by atoms with van der Waals surface area (Å²) in [5.41, 5.74) is 3.94. The first kappa shape index (κ1) is 29.7. The maximum atomic E-state index is 10.4. The first-order valence-corrected chi connectivity index (χ1v) is 12.6. The molecular formula is C26H39N3O9. The average Bonchev–Trinajstić information content (AvgIpc) is 3.30. The Hall–Kier alpha value is -2.87. The van der Waals surface area contributed by atoms with Crippen LogP contribution in [-0.4, -0.2) is 97.9 Å². The van der Waals surface area contributed by atoms with Crippen LogP contribution < -0.4 is 14.8 Å². The maximum Gasteiger partial charge on any atom is 0.238 e. The van der Waals surface area contributed by atoms with Gasteiger partial charge in [-0.05, 0) is 42.5 Å². The monoisotopic (exact) mass is 537 g/mol. The lowest BCUT2D eigenvalue weighted by molar-refractivity contribution is -0.278. The molecule has 12 heteroatoms. The number of rotatable bonds is 13. The number of benzene rings is 1. The van der Waals surface area contributed by atoms with Gasteiger partial charge in [0.1, 0.15) is 36.4 Å². The second-order valence-electron chi connectivity index (χ2n) is 9.60. The number of aliphatic hydroxyl groups is 6. The molecule has 0 radical (unpaired) electrons. The van der Waals surface area contributed by atoms with Crippen molar-refractivity contribution in [1.82, 2.24) is 15.5 Å².